The maximum absolute atomic E-state index is 9.22. The van der Waals surface area contributed by atoms with Gasteiger partial charge in [0.2, 0.25) is 6.79 Å². The Kier molecular flexibility index (Phi) is 5.31. The first-order chi connectivity index (χ1) is 9.81. The zero-order valence-electron chi connectivity index (χ0n) is 11.5. The fourth-order valence-corrected chi connectivity index (χ4v) is 2.18. The summed E-state index contributed by atoms with van der Waals surface area (Å²) in [7, 11) is 0. The molecular formula is C16H18ClNO3. The van der Waals surface area contributed by atoms with Crippen LogP contribution in [0, 0.1) is 0 Å². The fourth-order valence-electron chi connectivity index (χ4n) is 2.18. The Hall–Kier alpha value is -1.91. The number of fused-ring (bicyclic) bond motifs is 1. The molecule has 4 nitrogen and oxygen atoms in total. The Morgan fingerprint density at radius 3 is 2.48 bits per heavy atom. The zero-order valence-corrected chi connectivity index (χ0v) is 12.4. The van der Waals surface area contributed by atoms with Crippen molar-refractivity contribution in [2.24, 2.45) is 0 Å². The molecule has 0 aliphatic carbocycles. The molecule has 0 saturated carbocycles. The smallest absolute Gasteiger partial charge is 0.231 e. The van der Waals surface area contributed by atoms with Crippen LogP contribution in [0.25, 0.3) is 0 Å². The molecule has 2 N–H and O–H groups in total. The predicted octanol–water partition coefficient (Wildman–Crippen LogP) is 2.88. The summed E-state index contributed by atoms with van der Waals surface area (Å²) in [6.45, 7) is 2.00. The highest BCUT2D eigenvalue weighted by molar-refractivity contribution is 5.85. The molecule has 0 aromatic heterocycles. The number of rotatable bonds is 5. The Labute approximate surface area is 130 Å². The maximum Gasteiger partial charge on any atom is 0.231 e. The highest BCUT2D eigenvalue weighted by Gasteiger charge is 2.12. The molecule has 0 amide bonds. The van der Waals surface area contributed by atoms with Crippen LogP contribution in [-0.2, 0) is 13.0 Å². The predicted molar refractivity (Wildman–Crippen MR) is 83.3 cm³/mol. The van der Waals surface area contributed by atoms with Gasteiger partial charge in [-0.1, -0.05) is 18.2 Å². The molecule has 2 aromatic carbocycles. The molecule has 0 radical (unpaired) electrons. The number of halogens is 1. The summed E-state index contributed by atoms with van der Waals surface area (Å²) in [5, 5.41) is 12.6. The largest absolute Gasteiger partial charge is 0.508 e. The van der Waals surface area contributed by atoms with E-state index in [1.54, 1.807) is 12.1 Å². The first-order valence-corrected chi connectivity index (χ1v) is 6.68. The van der Waals surface area contributed by atoms with Crippen LogP contribution in [0.2, 0.25) is 0 Å². The van der Waals surface area contributed by atoms with E-state index in [0.29, 0.717) is 12.5 Å². The second kappa shape index (κ2) is 7.20. The number of nitrogens with one attached hydrogen (secondary N) is 1. The van der Waals surface area contributed by atoms with Crippen LogP contribution in [0.15, 0.2) is 42.5 Å². The molecule has 0 atom stereocenters. The average Bonchev–Trinajstić information content (AvgIpc) is 2.93. The second-order valence-electron chi connectivity index (χ2n) is 4.78. The molecule has 0 fully saturated rings. The van der Waals surface area contributed by atoms with Crippen LogP contribution in [-0.4, -0.2) is 18.4 Å². The third-order valence-electron chi connectivity index (χ3n) is 3.29. The van der Waals surface area contributed by atoms with Crippen molar-refractivity contribution in [3.8, 4) is 17.2 Å². The molecule has 2 aromatic rings. The van der Waals surface area contributed by atoms with Gasteiger partial charge in [-0.2, -0.15) is 0 Å². The lowest BCUT2D eigenvalue weighted by atomic mass is 10.1. The van der Waals surface area contributed by atoms with Crippen LogP contribution in [0.4, 0.5) is 0 Å². The number of phenolic OH excluding ortho intramolecular Hbond substituents is 1. The van der Waals surface area contributed by atoms with Gasteiger partial charge in [-0.3, -0.25) is 0 Å². The number of aromatic hydroxyl groups is 1. The lowest BCUT2D eigenvalue weighted by Gasteiger charge is -2.06. The Balaban J connectivity index is 0.00000161. The third-order valence-corrected chi connectivity index (χ3v) is 3.29. The number of hydrogen-bond acceptors (Lipinski definition) is 4. The Bertz CT molecular complexity index is 587. The minimum Gasteiger partial charge on any atom is -0.508 e. The van der Waals surface area contributed by atoms with E-state index in [1.807, 2.05) is 30.3 Å². The summed E-state index contributed by atoms with van der Waals surface area (Å²) in [5.74, 6) is 1.95. The lowest BCUT2D eigenvalue weighted by Crippen LogP contribution is -2.16. The van der Waals surface area contributed by atoms with E-state index in [2.05, 4.69) is 5.32 Å². The van der Waals surface area contributed by atoms with Gasteiger partial charge in [-0.25, -0.2) is 0 Å². The maximum atomic E-state index is 9.22. The van der Waals surface area contributed by atoms with Gasteiger partial charge in [0.1, 0.15) is 5.75 Å². The quantitative estimate of drug-likeness (QED) is 0.834. The average molecular weight is 308 g/mol. The molecule has 112 valence electrons. The highest BCUT2D eigenvalue weighted by Crippen LogP contribution is 2.32. The highest BCUT2D eigenvalue weighted by atomic mass is 35.5. The molecule has 0 saturated heterocycles. The summed E-state index contributed by atoms with van der Waals surface area (Å²) in [4.78, 5) is 0. The van der Waals surface area contributed by atoms with Crippen molar-refractivity contribution in [3.05, 3.63) is 53.6 Å². The van der Waals surface area contributed by atoms with Crippen LogP contribution in [0.1, 0.15) is 11.1 Å². The van der Waals surface area contributed by atoms with E-state index < -0.39 is 0 Å². The van der Waals surface area contributed by atoms with Gasteiger partial charge in [0.15, 0.2) is 11.5 Å². The number of ether oxygens (including phenoxy) is 2. The second-order valence-corrected chi connectivity index (χ2v) is 4.78. The molecule has 0 bridgehead atoms. The summed E-state index contributed by atoms with van der Waals surface area (Å²) in [5.41, 5.74) is 2.39. The summed E-state index contributed by atoms with van der Waals surface area (Å²) >= 11 is 0. The van der Waals surface area contributed by atoms with E-state index in [-0.39, 0.29) is 12.4 Å². The van der Waals surface area contributed by atoms with Gasteiger partial charge < -0.3 is 19.9 Å². The van der Waals surface area contributed by atoms with Crippen molar-refractivity contribution >= 4 is 12.4 Å². The van der Waals surface area contributed by atoms with Crippen molar-refractivity contribution in [1.29, 1.82) is 0 Å². The fraction of sp³-hybridized carbons (Fsp3) is 0.250. The number of phenols is 1. The normalized spacial score (nSPS) is 12.0. The first kappa shape index (κ1) is 15.5. The molecule has 3 rings (SSSR count). The molecule has 5 heteroatoms. The summed E-state index contributed by atoms with van der Waals surface area (Å²) in [6.07, 6.45) is 0.935. The molecule has 1 aliphatic rings. The standard InChI is InChI=1S/C16H17NO3.ClH/c18-14-4-1-12(2-5-14)7-8-17-10-13-3-6-15-16(9-13)20-11-19-15;/h1-6,9,17-18H,7-8,10-11H2;1H. The van der Waals surface area contributed by atoms with Gasteiger partial charge >= 0.3 is 0 Å². The Morgan fingerprint density at radius 1 is 0.952 bits per heavy atom. The van der Waals surface area contributed by atoms with Crippen molar-refractivity contribution in [2.45, 2.75) is 13.0 Å². The van der Waals surface area contributed by atoms with Crippen molar-refractivity contribution in [1.82, 2.24) is 5.32 Å². The molecular weight excluding hydrogens is 290 g/mol. The SMILES string of the molecule is Cl.Oc1ccc(CCNCc2ccc3c(c2)OCO3)cc1. The van der Waals surface area contributed by atoms with E-state index in [9.17, 15) is 5.11 Å². The first-order valence-electron chi connectivity index (χ1n) is 6.68. The van der Waals surface area contributed by atoms with Crippen molar-refractivity contribution in [2.75, 3.05) is 13.3 Å². The number of benzene rings is 2. The molecule has 0 unspecified atom stereocenters. The van der Waals surface area contributed by atoms with Crippen molar-refractivity contribution < 1.29 is 14.6 Å². The van der Waals surface area contributed by atoms with Crippen LogP contribution in [0.5, 0.6) is 17.2 Å². The minimum absolute atomic E-state index is 0. The lowest BCUT2D eigenvalue weighted by molar-refractivity contribution is 0.174. The minimum atomic E-state index is 0. The zero-order chi connectivity index (χ0) is 13.8. The van der Waals surface area contributed by atoms with E-state index in [1.165, 1.54) is 11.1 Å². The summed E-state index contributed by atoms with van der Waals surface area (Å²) < 4.78 is 10.6. The van der Waals surface area contributed by atoms with E-state index >= 15 is 0 Å². The van der Waals surface area contributed by atoms with Crippen LogP contribution >= 0.6 is 12.4 Å². The van der Waals surface area contributed by atoms with Gasteiger partial charge in [-0.05, 0) is 48.4 Å². The van der Waals surface area contributed by atoms with Crippen LogP contribution in [0.3, 0.4) is 0 Å². The molecule has 21 heavy (non-hydrogen) atoms. The van der Waals surface area contributed by atoms with E-state index in [0.717, 1.165) is 31.0 Å². The summed E-state index contributed by atoms with van der Waals surface area (Å²) in [6, 6.07) is 13.3. The monoisotopic (exact) mass is 307 g/mol. The van der Waals surface area contributed by atoms with Crippen LogP contribution < -0.4 is 14.8 Å². The van der Waals surface area contributed by atoms with E-state index in [4.69, 9.17) is 9.47 Å². The topological polar surface area (TPSA) is 50.7 Å². The number of hydrogen-bond donors (Lipinski definition) is 2. The van der Waals surface area contributed by atoms with Gasteiger partial charge in [-0.15, -0.1) is 12.4 Å². The van der Waals surface area contributed by atoms with Gasteiger partial charge in [0, 0.05) is 6.54 Å². The Morgan fingerprint density at radius 2 is 1.67 bits per heavy atom. The van der Waals surface area contributed by atoms with Gasteiger partial charge in [0.05, 0.1) is 0 Å². The molecule has 0 spiro atoms. The third kappa shape index (κ3) is 4.03. The molecule has 1 aliphatic heterocycles. The van der Waals surface area contributed by atoms with Crippen molar-refractivity contribution in [3.63, 3.8) is 0 Å². The van der Waals surface area contributed by atoms with Gasteiger partial charge in [0.25, 0.3) is 0 Å². The molecule has 1 heterocycles.